The highest BCUT2D eigenvalue weighted by Crippen LogP contribution is 2.25. The van der Waals surface area contributed by atoms with Crippen LogP contribution in [0.2, 0.25) is 0 Å². The summed E-state index contributed by atoms with van der Waals surface area (Å²) in [6, 6.07) is 19.4. The first-order valence-corrected chi connectivity index (χ1v) is 9.83. The summed E-state index contributed by atoms with van der Waals surface area (Å²) in [5.74, 6) is 0.934. The van der Waals surface area contributed by atoms with E-state index >= 15 is 0 Å². The lowest BCUT2D eigenvalue weighted by Gasteiger charge is -2.10. The van der Waals surface area contributed by atoms with Crippen LogP contribution in [0.15, 0.2) is 76.4 Å². The summed E-state index contributed by atoms with van der Waals surface area (Å²) in [6.07, 6.45) is 1.66. The Morgan fingerprint density at radius 3 is 2.82 bits per heavy atom. The van der Waals surface area contributed by atoms with Crippen LogP contribution in [0, 0.1) is 6.92 Å². The molecule has 0 fully saturated rings. The zero-order valence-electron chi connectivity index (χ0n) is 15.3. The van der Waals surface area contributed by atoms with Crippen molar-refractivity contribution < 1.29 is 14.1 Å². The highest BCUT2D eigenvalue weighted by molar-refractivity contribution is 7.98. The van der Waals surface area contributed by atoms with E-state index in [9.17, 15) is 4.79 Å². The molecule has 2 aromatic carbocycles. The van der Waals surface area contributed by atoms with Gasteiger partial charge in [0.2, 0.25) is 0 Å². The first-order valence-electron chi connectivity index (χ1n) is 8.84. The molecule has 5 nitrogen and oxygen atoms in total. The number of carbonyl (C=O) groups is 1. The first kappa shape index (κ1) is 18.3. The molecule has 0 saturated heterocycles. The van der Waals surface area contributed by atoms with E-state index in [4.69, 9.17) is 9.26 Å². The number of benzene rings is 2. The van der Waals surface area contributed by atoms with Crippen LogP contribution in [0.3, 0.4) is 0 Å². The fraction of sp³-hybridized carbons (Fsp3) is 0.136. The Kier molecular flexibility index (Phi) is 5.39. The second-order valence-electron chi connectivity index (χ2n) is 6.29. The molecule has 0 atom stereocenters. The number of fused-ring (bicyclic) bond motifs is 1. The number of aryl methyl sites for hydroxylation is 1. The van der Waals surface area contributed by atoms with Crippen LogP contribution in [0.25, 0.3) is 10.8 Å². The normalized spacial score (nSPS) is 10.9. The quantitative estimate of drug-likeness (QED) is 0.334. The van der Waals surface area contributed by atoms with Gasteiger partial charge in [0.15, 0.2) is 0 Å². The molecule has 0 aliphatic heterocycles. The predicted octanol–water partition coefficient (Wildman–Crippen LogP) is 5.18. The van der Waals surface area contributed by atoms with Gasteiger partial charge in [0, 0.05) is 18.0 Å². The third kappa shape index (κ3) is 4.07. The summed E-state index contributed by atoms with van der Waals surface area (Å²) in [6.45, 7) is 2.06. The van der Waals surface area contributed by atoms with Crippen molar-refractivity contribution in [2.75, 3.05) is 0 Å². The second kappa shape index (κ2) is 8.27. The molecule has 0 radical (unpaired) electrons. The van der Waals surface area contributed by atoms with Crippen LogP contribution in [0.1, 0.15) is 27.4 Å². The maximum Gasteiger partial charge on any atom is 0.341 e. The van der Waals surface area contributed by atoms with Crippen LogP contribution in [-0.2, 0) is 17.1 Å². The first-order chi connectivity index (χ1) is 13.7. The van der Waals surface area contributed by atoms with Crippen molar-refractivity contribution in [3.05, 3.63) is 89.4 Å². The van der Waals surface area contributed by atoms with Crippen LogP contribution in [0.4, 0.5) is 0 Å². The summed E-state index contributed by atoms with van der Waals surface area (Å²) in [7, 11) is 0. The molecule has 2 aromatic heterocycles. The topological polar surface area (TPSA) is 65.2 Å². The molecule has 140 valence electrons. The number of rotatable bonds is 6. The second-order valence-corrected chi connectivity index (χ2v) is 7.25. The standard InChI is InChI=1S/C22H18N2O3S/c1-15-12-18(24-27-15)14-28-21-20(10-5-11-23-21)22(25)26-13-17-8-4-7-16-6-2-3-9-19(16)17/h2-12H,13-14H2,1H3. The molecule has 6 heteroatoms. The lowest BCUT2D eigenvalue weighted by Crippen LogP contribution is -2.08. The van der Waals surface area contributed by atoms with Gasteiger partial charge in [-0.15, -0.1) is 0 Å². The van der Waals surface area contributed by atoms with Crippen molar-refractivity contribution in [3.63, 3.8) is 0 Å². The van der Waals surface area contributed by atoms with E-state index in [-0.39, 0.29) is 12.6 Å². The fourth-order valence-electron chi connectivity index (χ4n) is 2.93. The summed E-state index contributed by atoms with van der Waals surface area (Å²) in [5.41, 5.74) is 2.23. The minimum absolute atomic E-state index is 0.210. The van der Waals surface area contributed by atoms with E-state index < -0.39 is 0 Å². The van der Waals surface area contributed by atoms with Crippen molar-refractivity contribution in [3.8, 4) is 0 Å². The van der Waals surface area contributed by atoms with E-state index in [0.717, 1.165) is 27.8 Å². The molecule has 0 aliphatic rings. The number of esters is 1. The van der Waals surface area contributed by atoms with Crippen LogP contribution in [-0.4, -0.2) is 16.1 Å². The number of thioether (sulfide) groups is 1. The van der Waals surface area contributed by atoms with Gasteiger partial charge >= 0.3 is 5.97 Å². The zero-order chi connectivity index (χ0) is 19.3. The Labute approximate surface area is 166 Å². The smallest absolute Gasteiger partial charge is 0.341 e. The van der Waals surface area contributed by atoms with Gasteiger partial charge in [-0.1, -0.05) is 59.4 Å². The Hall–Kier alpha value is -3.12. The monoisotopic (exact) mass is 390 g/mol. The fourth-order valence-corrected chi connectivity index (χ4v) is 3.79. The number of ether oxygens (including phenoxy) is 1. The molecule has 4 rings (SSSR count). The van der Waals surface area contributed by atoms with E-state index in [0.29, 0.717) is 16.3 Å². The SMILES string of the molecule is Cc1cc(CSc2ncccc2C(=O)OCc2cccc3ccccc23)no1. The third-order valence-corrected chi connectivity index (χ3v) is 5.30. The minimum Gasteiger partial charge on any atom is -0.457 e. The molecule has 0 N–H and O–H groups in total. The highest BCUT2D eigenvalue weighted by atomic mass is 32.2. The molecule has 0 spiro atoms. The molecule has 0 saturated carbocycles. The number of carbonyl (C=O) groups excluding carboxylic acids is 1. The van der Waals surface area contributed by atoms with E-state index in [2.05, 4.69) is 10.1 Å². The summed E-state index contributed by atoms with van der Waals surface area (Å²) in [4.78, 5) is 17.0. The van der Waals surface area contributed by atoms with Crippen LogP contribution < -0.4 is 0 Å². The van der Waals surface area contributed by atoms with Gasteiger partial charge in [-0.25, -0.2) is 9.78 Å². The maximum absolute atomic E-state index is 12.7. The van der Waals surface area contributed by atoms with Gasteiger partial charge in [0.1, 0.15) is 17.4 Å². The van der Waals surface area contributed by atoms with Gasteiger partial charge in [-0.2, -0.15) is 0 Å². The average Bonchev–Trinajstić information content (AvgIpc) is 3.16. The largest absolute Gasteiger partial charge is 0.457 e. The van der Waals surface area contributed by atoms with Crippen molar-refractivity contribution in [2.45, 2.75) is 24.3 Å². The summed E-state index contributed by atoms with van der Waals surface area (Å²) < 4.78 is 10.7. The van der Waals surface area contributed by atoms with Gasteiger partial charge in [0.25, 0.3) is 0 Å². The highest BCUT2D eigenvalue weighted by Gasteiger charge is 2.15. The van der Waals surface area contributed by atoms with Gasteiger partial charge in [-0.05, 0) is 35.4 Å². The lowest BCUT2D eigenvalue weighted by atomic mass is 10.1. The molecular formula is C22H18N2O3S. The van der Waals surface area contributed by atoms with Crippen molar-refractivity contribution >= 4 is 28.5 Å². The van der Waals surface area contributed by atoms with E-state index in [1.807, 2.05) is 55.5 Å². The van der Waals surface area contributed by atoms with Crippen LogP contribution >= 0.6 is 11.8 Å². The van der Waals surface area contributed by atoms with Gasteiger partial charge < -0.3 is 9.26 Å². The maximum atomic E-state index is 12.7. The molecule has 4 aromatic rings. The minimum atomic E-state index is -0.389. The summed E-state index contributed by atoms with van der Waals surface area (Å²) in [5, 5.41) is 6.79. The number of aromatic nitrogens is 2. The molecular weight excluding hydrogens is 372 g/mol. The number of hydrogen-bond donors (Lipinski definition) is 0. The zero-order valence-corrected chi connectivity index (χ0v) is 16.1. The van der Waals surface area contributed by atoms with Crippen molar-refractivity contribution in [2.24, 2.45) is 0 Å². The molecule has 0 bridgehead atoms. The number of hydrogen-bond acceptors (Lipinski definition) is 6. The Balaban J connectivity index is 1.47. The molecule has 28 heavy (non-hydrogen) atoms. The van der Waals surface area contributed by atoms with E-state index in [1.54, 1.807) is 18.3 Å². The predicted molar refractivity (Wildman–Crippen MR) is 108 cm³/mol. The lowest BCUT2D eigenvalue weighted by molar-refractivity contribution is 0.0469. The molecule has 0 amide bonds. The Bertz CT molecular complexity index is 1120. The molecule has 0 unspecified atom stereocenters. The molecule has 2 heterocycles. The Morgan fingerprint density at radius 1 is 1.11 bits per heavy atom. The van der Waals surface area contributed by atoms with Gasteiger partial charge in [0.05, 0.1) is 11.3 Å². The third-order valence-electron chi connectivity index (χ3n) is 4.26. The van der Waals surface area contributed by atoms with Crippen molar-refractivity contribution in [1.29, 1.82) is 0 Å². The number of nitrogens with zero attached hydrogens (tertiary/aromatic N) is 2. The van der Waals surface area contributed by atoms with Gasteiger partial charge in [-0.3, -0.25) is 0 Å². The average molecular weight is 390 g/mol. The van der Waals surface area contributed by atoms with Crippen molar-refractivity contribution in [1.82, 2.24) is 10.1 Å². The number of pyridine rings is 1. The Morgan fingerprint density at radius 2 is 1.96 bits per heavy atom. The van der Waals surface area contributed by atoms with E-state index in [1.165, 1.54) is 11.8 Å². The summed E-state index contributed by atoms with van der Waals surface area (Å²) >= 11 is 1.43. The van der Waals surface area contributed by atoms with Crippen LogP contribution in [0.5, 0.6) is 0 Å². The molecule has 0 aliphatic carbocycles.